The van der Waals surface area contributed by atoms with E-state index in [1.54, 1.807) is 18.5 Å². The van der Waals surface area contributed by atoms with Gasteiger partial charge in [-0.15, -0.1) is 0 Å². The number of aromatic nitrogens is 1. The van der Waals surface area contributed by atoms with Crippen LogP contribution in [-0.2, 0) is 11.3 Å². The summed E-state index contributed by atoms with van der Waals surface area (Å²) in [7, 11) is 0. The van der Waals surface area contributed by atoms with Crippen molar-refractivity contribution in [3.63, 3.8) is 0 Å². The van der Waals surface area contributed by atoms with Crippen LogP contribution in [0, 0.1) is 6.92 Å². The van der Waals surface area contributed by atoms with Crippen LogP contribution in [0.3, 0.4) is 0 Å². The monoisotopic (exact) mass is 476 g/mol. The third kappa shape index (κ3) is 4.60. The molecule has 0 aliphatic carbocycles. The first-order valence-corrected chi connectivity index (χ1v) is 12.1. The molecule has 5 nitrogen and oxygen atoms in total. The Labute approximate surface area is 210 Å². The second-order valence-electron chi connectivity index (χ2n) is 8.77. The molecule has 36 heavy (non-hydrogen) atoms. The number of allylic oxidation sites excluding steroid dienone is 1. The molecule has 0 aliphatic heterocycles. The molecule has 2 aromatic heterocycles. The molecule has 0 unspecified atom stereocenters. The van der Waals surface area contributed by atoms with Crippen molar-refractivity contribution in [3.8, 4) is 16.9 Å². The van der Waals surface area contributed by atoms with E-state index in [0.717, 1.165) is 50.2 Å². The minimum absolute atomic E-state index is 0.180. The standard InChI is InChI=1S/C31H28N2O3/c1-4-35-30-21(3)31-27(28(19-36-31)24-13-12-22-9-5-6-10-23(22)16-24)17-26(30)20(2)15-29(34)33-18-25-11-7-8-14-32-25/h5-17,19H,4,18H2,1-3H3,(H,33,34)/b20-15+. The topological polar surface area (TPSA) is 64.4 Å². The fourth-order valence-electron chi connectivity index (χ4n) is 4.53. The molecule has 0 spiro atoms. The molecule has 0 radical (unpaired) electrons. The number of carbonyl (C=O) groups is 1. The molecular formula is C31H28N2O3. The first-order chi connectivity index (χ1) is 17.5. The van der Waals surface area contributed by atoms with Gasteiger partial charge in [0, 0.05) is 34.3 Å². The number of benzene rings is 3. The van der Waals surface area contributed by atoms with Crippen molar-refractivity contribution in [2.24, 2.45) is 0 Å². The van der Waals surface area contributed by atoms with Gasteiger partial charge in [-0.1, -0.05) is 42.5 Å². The number of pyridine rings is 1. The van der Waals surface area contributed by atoms with Gasteiger partial charge in [-0.05, 0) is 66.9 Å². The number of rotatable bonds is 7. The molecule has 180 valence electrons. The SMILES string of the molecule is CCOc1c(/C(C)=C/C(=O)NCc2ccccn2)cc2c(-c3ccc4ccccc4c3)coc2c1C. The van der Waals surface area contributed by atoms with Crippen molar-refractivity contribution in [1.82, 2.24) is 10.3 Å². The van der Waals surface area contributed by atoms with Gasteiger partial charge in [0.25, 0.3) is 0 Å². The summed E-state index contributed by atoms with van der Waals surface area (Å²) in [5.74, 6) is 0.552. The molecule has 0 bridgehead atoms. The predicted octanol–water partition coefficient (Wildman–Crippen LogP) is 7.07. The lowest BCUT2D eigenvalue weighted by atomic mass is 9.95. The first-order valence-electron chi connectivity index (χ1n) is 12.1. The molecule has 5 heteroatoms. The summed E-state index contributed by atoms with van der Waals surface area (Å²) < 4.78 is 12.1. The van der Waals surface area contributed by atoms with Crippen molar-refractivity contribution in [2.75, 3.05) is 6.61 Å². The quantitative estimate of drug-likeness (QED) is 0.255. The van der Waals surface area contributed by atoms with E-state index >= 15 is 0 Å². The fourth-order valence-corrected chi connectivity index (χ4v) is 4.53. The maximum absolute atomic E-state index is 12.7. The number of hydrogen-bond acceptors (Lipinski definition) is 4. The van der Waals surface area contributed by atoms with Crippen molar-refractivity contribution >= 4 is 33.2 Å². The van der Waals surface area contributed by atoms with E-state index in [-0.39, 0.29) is 5.91 Å². The molecule has 3 aromatic carbocycles. The van der Waals surface area contributed by atoms with Crippen molar-refractivity contribution < 1.29 is 13.9 Å². The Kier molecular flexibility index (Phi) is 6.54. The number of nitrogens with zero attached hydrogens (tertiary/aromatic N) is 1. The van der Waals surface area contributed by atoms with E-state index in [1.165, 1.54) is 10.8 Å². The van der Waals surface area contributed by atoms with Gasteiger partial charge in [0.2, 0.25) is 5.91 Å². The number of aryl methyl sites for hydroxylation is 1. The van der Waals surface area contributed by atoms with E-state index in [0.29, 0.717) is 13.2 Å². The number of fused-ring (bicyclic) bond motifs is 2. The summed E-state index contributed by atoms with van der Waals surface area (Å²) in [5.41, 5.74) is 6.29. The second kappa shape index (κ2) is 10.1. The first kappa shape index (κ1) is 23.4. The van der Waals surface area contributed by atoms with Gasteiger partial charge < -0.3 is 14.5 Å². The zero-order valence-corrected chi connectivity index (χ0v) is 20.7. The lowest BCUT2D eigenvalue weighted by molar-refractivity contribution is -0.116. The summed E-state index contributed by atoms with van der Waals surface area (Å²) in [5, 5.41) is 6.27. The van der Waals surface area contributed by atoms with Crippen LogP contribution in [0.2, 0.25) is 0 Å². The Morgan fingerprint density at radius 3 is 2.64 bits per heavy atom. The van der Waals surface area contributed by atoms with Crippen molar-refractivity contribution in [1.29, 1.82) is 0 Å². The summed E-state index contributed by atoms with van der Waals surface area (Å²) in [6.45, 7) is 6.76. The van der Waals surface area contributed by atoms with Gasteiger partial charge in [-0.25, -0.2) is 0 Å². The van der Waals surface area contributed by atoms with Crippen LogP contribution in [-0.4, -0.2) is 17.5 Å². The lowest BCUT2D eigenvalue weighted by Gasteiger charge is -2.15. The highest BCUT2D eigenvalue weighted by Crippen LogP contribution is 2.41. The van der Waals surface area contributed by atoms with Crippen LogP contribution >= 0.6 is 0 Å². The molecule has 0 aliphatic rings. The Balaban J connectivity index is 1.54. The lowest BCUT2D eigenvalue weighted by Crippen LogP contribution is -2.21. The van der Waals surface area contributed by atoms with Gasteiger partial charge in [0.1, 0.15) is 11.3 Å². The van der Waals surface area contributed by atoms with Crippen LogP contribution < -0.4 is 10.1 Å². The number of carbonyl (C=O) groups excluding carboxylic acids is 1. The van der Waals surface area contributed by atoms with E-state index in [2.05, 4.69) is 46.7 Å². The zero-order chi connectivity index (χ0) is 25.1. The zero-order valence-electron chi connectivity index (χ0n) is 20.7. The molecule has 0 saturated heterocycles. The van der Waals surface area contributed by atoms with Gasteiger partial charge in [0.15, 0.2) is 0 Å². The van der Waals surface area contributed by atoms with Crippen LogP contribution in [0.4, 0.5) is 0 Å². The summed E-state index contributed by atoms with van der Waals surface area (Å²) >= 11 is 0. The third-order valence-corrected chi connectivity index (χ3v) is 6.34. The molecule has 2 heterocycles. The normalized spacial score (nSPS) is 11.7. The largest absolute Gasteiger partial charge is 0.493 e. The average Bonchev–Trinajstić information content (AvgIpc) is 3.33. The van der Waals surface area contributed by atoms with E-state index in [1.807, 2.05) is 51.1 Å². The molecule has 0 atom stereocenters. The van der Waals surface area contributed by atoms with Gasteiger partial charge in [-0.3, -0.25) is 9.78 Å². The molecule has 5 aromatic rings. The molecule has 1 amide bonds. The number of amides is 1. The highest BCUT2D eigenvalue weighted by molar-refractivity contribution is 6.02. The Morgan fingerprint density at radius 2 is 1.86 bits per heavy atom. The highest BCUT2D eigenvalue weighted by atomic mass is 16.5. The third-order valence-electron chi connectivity index (χ3n) is 6.34. The van der Waals surface area contributed by atoms with Crippen molar-refractivity contribution in [2.45, 2.75) is 27.3 Å². The van der Waals surface area contributed by atoms with E-state index in [9.17, 15) is 4.79 Å². The van der Waals surface area contributed by atoms with Gasteiger partial charge >= 0.3 is 0 Å². The van der Waals surface area contributed by atoms with Crippen LogP contribution in [0.25, 0.3) is 38.4 Å². The molecular weight excluding hydrogens is 448 g/mol. The van der Waals surface area contributed by atoms with Crippen LogP contribution in [0.1, 0.15) is 30.7 Å². The van der Waals surface area contributed by atoms with Crippen LogP contribution in [0.5, 0.6) is 5.75 Å². The van der Waals surface area contributed by atoms with Crippen LogP contribution in [0.15, 0.2) is 89.7 Å². The van der Waals surface area contributed by atoms with E-state index in [4.69, 9.17) is 9.15 Å². The maximum atomic E-state index is 12.7. The minimum atomic E-state index is -0.180. The number of hydrogen-bond donors (Lipinski definition) is 1. The van der Waals surface area contributed by atoms with Gasteiger partial charge in [-0.2, -0.15) is 0 Å². The molecule has 0 saturated carbocycles. The number of furan rings is 1. The molecule has 0 fully saturated rings. The number of ether oxygens (including phenoxy) is 1. The summed E-state index contributed by atoms with van der Waals surface area (Å²) in [6, 6.07) is 22.4. The minimum Gasteiger partial charge on any atom is -0.493 e. The second-order valence-corrected chi connectivity index (χ2v) is 8.77. The van der Waals surface area contributed by atoms with Crippen molar-refractivity contribution in [3.05, 3.63) is 102 Å². The smallest absolute Gasteiger partial charge is 0.244 e. The summed E-state index contributed by atoms with van der Waals surface area (Å²) in [6.07, 6.45) is 5.13. The fraction of sp³-hybridized carbons (Fsp3) is 0.161. The maximum Gasteiger partial charge on any atom is 0.244 e. The van der Waals surface area contributed by atoms with Gasteiger partial charge in [0.05, 0.1) is 25.1 Å². The predicted molar refractivity (Wildman–Crippen MR) is 145 cm³/mol. The Morgan fingerprint density at radius 1 is 1.06 bits per heavy atom. The Hall–Kier alpha value is -4.38. The molecule has 5 rings (SSSR count). The Bertz CT molecular complexity index is 1580. The van der Waals surface area contributed by atoms with E-state index < -0.39 is 0 Å². The highest BCUT2D eigenvalue weighted by Gasteiger charge is 2.19. The number of nitrogens with one attached hydrogen (secondary N) is 1. The average molecular weight is 477 g/mol. The summed E-state index contributed by atoms with van der Waals surface area (Å²) in [4.78, 5) is 17.0. The molecule has 1 N–H and O–H groups in total.